The van der Waals surface area contributed by atoms with Crippen molar-refractivity contribution < 1.29 is 18.0 Å². The van der Waals surface area contributed by atoms with Gasteiger partial charge in [-0.25, -0.2) is 23.1 Å². The molecular weight excluding hydrogens is 537 g/mol. The molecule has 0 radical (unpaired) electrons. The lowest BCUT2D eigenvalue weighted by molar-refractivity contribution is 0.102. The number of carbonyl (C=O) groups is 1. The van der Waals surface area contributed by atoms with Gasteiger partial charge in [-0.1, -0.05) is 37.7 Å². The van der Waals surface area contributed by atoms with E-state index in [1.54, 1.807) is 24.5 Å². The molecule has 0 unspecified atom stereocenters. The summed E-state index contributed by atoms with van der Waals surface area (Å²) in [5.41, 5.74) is 1.28. The number of aromatic nitrogens is 3. The molecule has 0 atom stereocenters. The van der Waals surface area contributed by atoms with Crippen molar-refractivity contribution >= 4 is 34.4 Å². The second-order valence-corrected chi connectivity index (χ2v) is 9.14. The smallest absolute Gasteiger partial charge is 0.256 e. The molecule has 0 spiro atoms. The van der Waals surface area contributed by atoms with E-state index in [1.165, 1.54) is 54.2 Å². The van der Waals surface area contributed by atoms with Crippen LogP contribution in [0, 0.1) is 24.4 Å². The van der Waals surface area contributed by atoms with Gasteiger partial charge in [-0.15, -0.1) is 0 Å². The first kappa shape index (κ1) is 28.6. The van der Waals surface area contributed by atoms with Crippen LogP contribution >= 0.6 is 11.8 Å². The molecule has 6 nitrogen and oxygen atoms in total. The summed E-state index contributed by atoms with van der Waals surface area (Å²) in [7, 11) is 0. The molecule has 5 aromatic rings. The second kappa shape index (κ2) is 12.2. The zero-order valence-corrected chi connectivity index (χ0v) is 22.9. The Morgan fingerprint density at radius 3 is 2.23 bits per heavy atom. The Balaban J connectivity index is 0.00000181. The van der Waals surface area contributed by atoms with Gasteiger partial charge in [0.15, 0.2) is 10.8 Å². The van der Waals surface area contributed by atoms with E-state index in [9.17, 15) is 22.8 Å². The summed E-state index contributed by atoms with van der Waals surface area (Å²) in [6, 6.07) is 16.4. The normalized spacial score (nSPS) is 10.7. The van der Waals surface area contributed by atoms with E-state index in [0.717, 1.165) is 22.3 Å². The number of benzene rings is 3. The minimum Gasteiger partial charge on any atom is -0.322 e. The fourth-order valence-corrected chi connectivity index (χ4v) is 4.43. The number of fused-ring (bicyclic) bond motifs is 1. The quantitative estimate of drug-likeness (QED) is 0.182. The molecule has 0 saturated carbocycles. The summed E-state index contributed by atoms with van der Waals surface area (Å²) < 4.78 is 43.6. The Hall–Kier alpha value is -4.44. The highest BCUT2D eigenvalue weighted by Gasteiger charge is 2.21. The van der Waals surface area contributed by atoms with Crippen molar-refractivity contribution in [3.8, 4) is 16.9 Å². The molecule has 0 aliphatic rings. The van der Waals surface area contributed by atoms with Crippen molar-refractivity contribution in [3.63, 3.8) is 0 Å². The molecule has 10 heteroatoms. The van der Waals surface area contributed by atoms with Crippen LogP contribution in [-0.4, -0.2) is 26.7 Å². The first-order valence-electron chi connectivity index (χ1n) is 12.4. The average molecular weight is 563 g/mol. The van der Waals surface area contributed by atoms with Gasteiger partial charge in [0, 0.05) is 28.3 Å². The highest BCUT2D eigenvalue weighted by Crippen LogP contribution is 2.32. The zero-order chi connectivity index (χ0) is 29.0. The summed E-state index contributed by atoms with van der Waals surface area (Å²) in [5.74, 6) is -2.68. The maximum Gasteiger partial charge on any atom is 0.256 e. The number of pyridine rings is 1. The van der Waals surface area contributed by atoms with E-state index < -0.39 is 34.6 Å². The SMILES string of the molecule is CC.CSc1nc(-c2cc(C(=O)Nc3ccc(F)cc3)ccc2C)c2ccc(=O)n(-c3c(F)cccc3F)c2n1. The van der Waals surface area contributed by atoms with Gasteiger partial charge in [0.05, 0.1) is 5.69 Å². The highest BCUT2D eigenvalue weighted by molar-refractivity contribution is 7.98. The van der Waals surface area contributed by atoms with Gasteiger partial charge in [0.2, 0.25) is 0 Å². The molecule has 1 N–H and O–H groups in total. The van der Waals surface area contributed by atoms with Crippen LogP contribution in [0.15, 0.2) is 82.7 Å². The van der Waals surface area contributed by atoms with Crippen molar-refractivity contribution in [1.29, 1.82) is 0 Å². The third kappa shape index (κ3) is 5.62. The summed E-state index contributed by atoms with van der Waals surface area (Å²) in [6.45, 7) is 5.83. The van der Waals surface area contributed by atoms with E-state index in [-0.39, 0.29) is 10.8 Å². The molecule has 2 aromatic heterocycles. The third-order valence-corrected chi connectivity index (χ3v) is 6.48. The largest absolute Gasteiger partial charge is 0.322 e. The van der Waals surface area contributed by atoms with Gasteiger partial charge >= 0.3 is 0 Å². The fourth-order valence-electron chi connectivity index (χ4n) is 4.07. The number of aryl methyl sites for hydroxylation is 1. The molecular formula is C30H25F3N4O2S. The van der Waals surface area contributed by atoms with Crippen LogP contribution in [0.5, 0.6) is 0 Å². The van der Waals surface area contributed by atoms with Gasteiger partial charge in [-0.05, 0) is 73.3 Å². The number of rotatable bonds is 5. The number of para-hydroxylation sites is 1. The Morgan fingerprint density at radius 2 is 1.57 bits per heavy atom. The van der Waals surface area contributed by atoms with Crippen molar-refractivity contribution in [1.82, 2.24) is 14.5 Å². The van der Waals surface area contributed by atoms with E-state index in [2.05, 4.69) is 15.3 Å². The lowest BCUT2D eigenvalue weighted by Gasteiger charge is -2.15. The Labute approximate surface area is 232 Å². The van der Waals surface area contributed by atoms with Crippen LogP contribution in [0.1, 0.15) is 29.8 Å². The lowest BCUT2D eigenvalue weighted by atomic mass is 9.99. The van der Waals surface area contributed by atoms with E-state index in [4.69, 9.17) is 0 Å². The lowest BCUT2D eigenvalue weighted by Crippen LogP contribution is -2.21. The summed E-state index contributed by atoms with van der Waals surface area (Å²) in [5, 5.41) is 3.36. The van der Waals surface area contributed by atoms with E-state index in [1.807, 2.05) is 20.8 Å². The minimum absolute atomic E-state index is 0.0245. The van der Waals surface area contributed by atoms with Crippen molar-refractivity contribution in [2.75, 3.05) is 11.6 Å². The molecule has 0 aliphatic heterocycles. The zero-order valence-electron chi connectivity index (χ0n) is 22.1. The number of hydrogen-bond donors (Lipinski definition) is 1. The Kier molecular flexibility index (Phi) is 8.69. The molecule has 0 bridgehead atoms. The average Bonchev–Trinajstić information content (AvgIpc) is 2.96. The Morgan fingerprint density at radius 1 is 0.900 bits per heavy atom. The number of halogens is 3. The third-order valence-electron chi connectivity index (χ3n) is 5.93. The van der Waals surface area contributed by atoms with Crippen LogP contribution in [0.4, 0.5) is 18.9 Å². The van der Waals surface area contributed by atoms with Gasteiger partial charge in [0.1, 0.15) is 23.1 Å². The number of nitrogens with zero attached hydrogens (tertiary/aromatic N) is 3. The van der Waals surface area contributed by atoms with Gasteiger partial charge in [-0.3, -0.25) is 14.2 Å². The van der Waals surface area contributed by atoms with Crippen molar-refractivity contribution in [2.45, 2.75) is 25.9 Å². The summed E-state index contributed by atoms with van der Waals surface area (Å²) >= 11 is 1.19. The van der Waals surface area contributed by atoms with E-state index in [0.29, 0.717) is 27.9 Å². The van der Waals surface area contributed by atoms with Gasteiger partial charge in [-0.2, -0.15) is 0 Å². The predicted molar refractivity (Wildman–Crippen MR) is 153 cm³/mol. The number of carbonyl (C=O) groups excluding carboxylic acids is 1. The molecule has 5 rings (SSSR count). The number of hydrogen-bond acceptors (Lipinski definition) is 5. The van der Waals surface area contributed by atoms with Crippen LogP contribution < -0.4 is 10.9 Å². The number of amides is 1. The van der Waals surface area contributed by atoms with Crippen molar-refractivity contribution in [2.24, 2.45) is 0 Å². The fraction of sp³-hybridized carbons (Fsp3) is 0.133. The standard InChI is InChI=1S/C28H19F3N4O2S.C2H6/c1-15-6-7-16(27(37)32-18-10-8-17(29)9-11-18)14-20(15)24-19-12-13-23(36)35(26(19)34-28(33-24)38-2)25-21(30)4-3-5-22(25)31;1-2/h3-14H,1-2H3,(H,32,37);1-2H3. The minimum atomic E-state index is -0.916. The van der Waals surface area contributed by atoms with E-state index >= 15 is 0 Å². The topological polar surface area (TPSA) is 76.9 Å². The molecule has 40 heavy (non-hydrogen) atoms. The second-order valence-electron chi connectivity index (χ2n) is 8.36. The maximum atomic E-state index is 14.7. The molecule has 1 amide bonds. The van der Waals surface area contributed by atoms with Crippen LogP contribution in [0.3, 0.4) is 0 Å². The first-order valence-corrected chi connectivity index (χ1v) is 13.6. The van der Waals surface area contributed by atoms with Gasteiger partial charge in [0.25, 0.3) is 11.5 Å². The molecule has 3 aromatic carbocycles. The van der Waals surface area contributed by atoms with Gasteiger partial charge < -0.3 is 5.32 Å². The first-order chi connectivity index (χ1) is 19.3. The number of nitrogens with one attached hydrogen (secondary N) is 1. The summed E-state index contributed by atoms with van der Waals surface area (Å²) in [4.78, 5) is 34.9. The maximum absolute atomic E-state index is 14.7. The predicted octanol–water partition coefficient (Wildman–Crippen LogP) is 7.17. The number of thioether (sulfide) groups is 1. The molecule has 0 fully saturated rings. The summed E-state index contributed by atoms with van der Waals surface area (Å²) in [6.07, 6.45) is 1.74. The van der Waals surface area contributed by atoms with Crippen LogP contribution in [0.2, 0.25) is 0 Å². The monoisotopic (exact) mass is 562 g/mol. The molecule has 204 valence electrons. The Bertz CT molecular complexity index is 1750. The number of anilines is 1. The molecule has 0 aliphatic carbocycles. The highest BCUT2D eigenvalue weighted by atomic mass is 32.2. The van der Waals surface area contributed by atoms with Crippen LogP contribution in [0.25, 0.3) is 28.0 Å². The van der Waals surface area contributed by atoms with Crippen LogP contribution in [-0.2, 0) is 0 Å². The molecule has 2 heterocycles. The van der Waals surface area contributed by atoms with Crippen molar-refractivity contribution in [3.05, 3.63) is 112 Å². The molecule has 0 saturated heterocycles.